The summed E-state index contributed by atoms with van der Waals surface area (Å²) in [5, 5.41) is 0. The van der Waals surface area contributed by atoms with Gasteiger partial charge in [-0.15, -0.1) is 0 Å². The molecule has 1 nitrogen and oxygen atoms in total. The Morgan fingerprint density at radius 2 is 1.70 bits per heavy atom. The summed E-state index contributed by atoms with van der Waals surface area (Å²) in [6.07, 6.45) is 0.967. The summed E-state index contributed by atoms with van der Waals surface area (Å²) in [6, 6.07) is 11.1. The van der Waals surface area contributed by atoms with E-state index in [4.69, 9.17) is 5.73 Å². The average molecular weight is 340 g/mol. The highest BCUT2D eigenvalue weighted by atomic mass is 79.9. The van der Waals surface area contributed by atoms with E-state index in [2.05, 4.69) is 15.9 Å². The number of rotatable bonds is 4. The molecule has 0 saturated carbocycles. The number of hydrogen-bond acceptors (Lipinski definition) is 1. The summed E-state index contributed by atoms with van der Waals surface area (Å²) in [7, 11) is 0. The number of nitrogens with two attached hydrogens (primary N) is 1. The molecule has 0 aromatic heterocycles. The zero-order valence-corrected chi connectivity index (χ0v) is 12.8. The molecule has 2 rings (SSSR count). The third-order valence-corrected chi connectivity index (χ3v) is 3.62. The van der Waals surface area contributed by atoms with Crippen molar-refractivity contribution in [3.8, 4) is 0 Å². The lowest BCUT2D eigenvalue weighted by Gasteiger charge is -2.25. The molecule has 0 bridgehead atoms. The fraction of sp³-hybridized carbons (Fsp3) is 0.250. The molecule has 106 valence electrons. The van der Waals surface area contributed by atoms with Crippen LogP contribution < -0.4 is 5.73 Å². The number of benzene rings is 2. The van der Waals surface area contributed by atoms with Gasteiger partial charge < -0.3 is 5.73 Å². The fourth-order valence-corrected chi connectivity index (χ4v) is 2.65. The van der Waals surface area contributed by atoms with Crippen molar-refractivity contribution in [3.63, 3.8) is 0 Å². The number of hydrogen-bond donors (Lipinski definition) is 1. The van der Waals surface area contributed by atoms with Crippen LogP contribution in [0.2, 0.25) is 0 Å². The normalized spacial score (nSPS) is 14.1. The van der Waals surface area contributed by atoms with Crippen LogP contribution >= 0.6 is 15.9 Å². The summed E-state index contributed by atoms with van der Waals surface area (Å²) < 4.78 is 27.5. The first-order valence-corrected chi connectivity index (χ1v) is 7.12. The second-order valence-corrected chi connectivity index (χ2v) is 6.29. The van der Waals surface area contributed by atoms with Crippen molar-refractivity contribution >= 4 is 15.9 Å². The van der Waals surface area contributed by atoms with Gasteiger partial charge in [-0.05, 0) is 61.2 Å². The summed E-state index contributed by atoms with van der Waals surface area (Å²) in [5.41, 5.74) is 7.18. The van der Waals surface area contributed by atoms with Gasteiger partial charge in [0.25, 0.3) is 0 Å². The Kier molecular flexibility index (Phi) is 4.55. The molecule has 0 heterocycles. The van der Waals surface area contributed by atoms with E-state index in [9.17, 15) is 8.78 Å². The number of halogens is 3. The molecule has 2 aromatic rings. The van der Waals surface area contributed by atoms with Crippen molar-refractivity contribution in [2.45, 2.75) is 25.3 Å². The Balaban J connectivity index is 2.14. The molecule has 0 aliphatic carbocycles. The van der Waals surface area contributed by atoms with E-state index < -0.39 is 5.54 Å². The van der Waals surface area contributed by atoms with Crippen molar-refractivity contribution in [2.24, 2.45) is 5.73 Å². The van der Waals surface area contributed by atoms with E-state index in [1.807, 2.05) is 6.92 Å². The molecular formula is C16H16BrF2N. The molecule has 0 saturated heterocycles. The Hall–Kier alpha value is -1.26. The van der Waals surface area contributed by atoms with Crippen LogP contribution in [0.4, 0.5) is 8.78 Å². The van der Waals surface area contributed by atoms with E-state index >= 15 is 0 Å². The smallest absolute Gasteiger partial charge is 0.126 e. The SMILES string of the molecule is CC(N)(Cc1ccc(F)cc1)Cc1cc(Br)ccc1F. The molecule has 0 aliphatic heterocycles. The third-order valence-electron chi connectivity index (χ3n) is 3.12. The minimum atomic E-state index is -0.598. The van der Waals surface area contributed by atoms with Gasteiger partial charge in [0.2, 0.25) is 0 Å². The molecule has 4 heteroatoms. The molecule has 0 spiro atoms. The summed E-state index contributed by atoms with van der Waals surface area (Å²) >= 11 is 3.33. The van der Waals surface area contributed by atoms with E-state index in [1.54, 1.807) is 24.3 Å². The van der Waals surface area contributed by atoms with E-state index in [-0.39, 0.29) is 11.6 Å². The highest BCUT2D eigenvalue weighted by Gasteiger charge is 2.21. The Bertz CT molecular complexity index is 594. The lowest BCUT2D eigenvalue weighted by atomic mass is 9.87. The van der Waals surface area contributed by atoms with Gasteiger partial charge in [-0.25, -0.2) is 8.78 Å². The van der Waals surface area contributed by atoms with Crippen molar-refractivity contribution in [1.82, 2.24) is 0 Å². The standard InChI is InChI=1S/C16H16BrF2N/c1-16(20,9-11-2-5-14(18)6-3-11)10-12-8-13(17)4-7-15(12)19/h2-8H,9-10,20H2,1H3. The summed E-state index contributed by atoms with van der Waals surface area (Å²) in [4.78, 5) is 0. The zero-order chi connectivity index (χ0) is 14.8. The van der Waals surface area contributed by atoms with Gasteiger partial charge in [0.05, 0.1) is 0 Å². The first kappa shape index (κ1) is 15.1. The topological polar surface area (TPSA) is 26.0 Å². The Labute approximate surface area is 125 Å². The molecule has 1 unspecified atom stereocenters. The second-order valence-electron chi connectivity index (χ2n) is 5.37. The predicted octanol–water partition coefficient (Wildman–Crippen LogP) is 4.23. The van der Waals surface area contributed by atoms with Crippen LogP contribution in [0.5, 0.6) is 0 Å². The maximum absolute atomic E-state index is 13.8. The maximum atomic E-state index is 13.8. The van der Waals surface area contributed by atoms with Crippen molar-refractivity contribution < 1.29 is 8.78 Å². The van der Waals surface area contributed by atoms with Crippen LogP contribution in [0.1, 0.15) is 18.1 Å². The van der Waals surface area contributed by atoms with Gasteiger partial charge in [0.1, 0.15) is 11.6 Å². The largest absolute Gasteiger partial charge is 0.325 e. The van der Waals surface area contributed by atoms with Crippen LogP contribution in [-0.2, 0) is 12.8 Å². The third kappa shape index (κ3) is 4.12. The molecule has 0 aliphatic rings. The van der Waals surface area contributed by atoms with E-state index in [0.29, 0.717) is 18.4 Å². The molecule has 0 radical (unpaired) electrons. The van der Waals surface area contributed by atoms with Crippen LogP contribution in [-0.4, -0.2) is 5.54 Å². The van der Waals surface area contributed by atoms with Crippen LogP contribution in [0, 0.1) is 11.6 Å². The Morgan fingerprint density at radius 1 is 1.05 bits per heavy atom. The minimum absolute atomic E-state index is 0.260. The molecule has 20 heavy (non-hydrogen) atoms. The molecular weight excluding hydrogens is 324 g/mol. The second kappa shape index (κ2) is 6.02. The van der Waals surface area contributed by atoms with Crippen molar-refractivity contribution in [3.05, 3.63) is 69.7 Å². The lowest BCUT2D eigenvalue weighted by molar-refractivity contribution is 0.450. The maximum Gasteiger partial charge on any atom is 0.126 e. The molecule has 0 fully saturated rings. The highest BCUT2D eigenvalue weighted by Crippen LogP contribution is 2.22. The van der Waals surface area contributed by atoms with Crippen molar-refractivity contribution in [2.75, 3.05) is 0 Å². The quantitative estimate of drug-likeness (QED) is 0.886. The first-order valence-electron chi connectivity index (χ1n) is 6.33. The molecule has 2 N–H and O–H groups in total. The van der Waals surface area contributed by atoms with Crippen molar-refractivity contribution in [1.29, 1.82) is 0 Å². The molecule has 1 atom stereocenters. The van der Waals surface area contributed by atoms with E-state index in [1.165, 1.54) is 18.2 Å². The Morgan fingerprint density at radius 3 is 2.35 bits per heavy atom. The molecule has 2 aromatic carbocycles. The van der Waals surface area contributed by atoms with Gasteiger partial charge >= 0.3 is 0 Å². The van der Waals surface area contributed by atoms with Crippen LogP contribution in [0.3, 0.4) is 0 Å². The summed E-state index contributed by atoms with van der Waals surface area (Å²) in [6.45, 7) is 1.87. The van der Waals surface area contributed by atoms with Gasteiger partial charge in [0.15, 0.2) is 0 Å². The fourth-order valence-electron chi connectivity index (χ4n) is 2.24. The lowest BCUT2D eigenvalue weighted by Crippen LogP contribution is -2.41. The van der Waals surface area contributed by atoms with Crippen LogP contribution in [0.25, 0.3) is 0 Å². The zero-order valence-electron chi connectivity index (χ0n) is 11.2. The highest BCUT2D eigenvalue weighted by molar-refractivity contribution is 9.10. The van der Waals surface area contributed by atoms with Gasteiger partial charge in [-0.1, -0.05) is 28.1 Å². The van der Waals surface area contributed by atoms with Gasteiger partial charge in [-0.3, -0.25) is 0 Å². The minimum Gasteiger partial charge on any atom is -0.325 e. The van der Waals surface area contributed by atoms with E-state index in [0.717, 1.165) is 10.0 Å². The predicted molar refractivity (Wildman–Crippen MR) is 80.5 cm³/mol. The van der Waals surface area contributed by atoms with Crippen LogP contribution in [0.15, 0.2) is 46.9 Å². The van der Waals surface area contributed by atoms with Gasteiger partial charge in [0, 0.05) is 10.0 Å². The summed E-state index contributed by atoms with van der Waals surface area (Å²) in [5.74, 6) is -0.533. The monoisotopic (exact) mass is 339 g/mol. The first-order chi connectivity index (χ1) is 9.35. The average Bonchev–Trinajstić information content (AvgIpc) is 2.36. The molecule has 0 amide bonds. The van der Waals surface area contributed by atoms with Gasteiger partial charge in [-0.2, -0.15) is 0 Å².